The molecule has 0 spiro atoms. The zero-order valence-corrected chi connectivity index (χ0v) is 14.4. The van der Waals surface area contributed by atoms with E-state index in [1.165, 1.54) is 0 Å². The molecule has 2 aromatic carbocycles. The summed E-state index contributed by atoms with van der Waals surface area (Å²) in [6.45, 7) is 0. The minimum absolute atomic E-state index is 0.142. The van der Waals surface area contributed by atoms with Gasteiger partial charge in [0.15, 0.2) is 0 Å². The monoisotopic (exact) mass is 350 g/mol. The molecule has 0 radical (unpaired) electrons. The van der Waals surface area contributed by atoms with Crippen LogP contribution < -0.4 is 20.7 Å². The molecule has 26 heavy (non-hydrogen) atoms. The fourth-order valence-corrected chi connectivity index (χ4v) is 2.17. The third kappa shape index (κ3) is 4.23. The van der Waals surface area contributed by atoms with E-state index in [2.05, 4.69) is 30.9 Å². The molecule has 0 saturated heterocycles. The molecule has 1 aromatic heterocycles. The highest BCUT2D eigenvalue weighted by atomic mass is 16.5. The van der Waals surface area contributed by atoms with Crippen LogP contribution in [0.3, 0.4) is 0 Å². The van der Waals surface area contributed by atoms with Gasteiger partial charge in [-0.25, -0.2) is 0 Å². The Bertz CT molecular complexity index is 884. The highest BCUT2D eigenvalue weighted by Gasteiger charge is 2.11. The molecular weight excluding hydrogens is 332 g/mol. The second kappa shape index (κ2) is 7.93. The maximum atomic E-state index is 12.4. The standard InChI is InChI=1S/C18H18N6O2/c1-19-16-22-17(20-13-6-4-3-5-7-13)24-18(23-16)21-15(25)12-8-10-14(26-2)11-9-12/h3-11H,1-2H3,(H3,19,20,21,22,23,24,25). The summed E-state index contributed by atoms with van der Waals surface area (Å²) in [6.07, 6.45) is 0. The molecule has 132 valence electrons. The smallest absolute Gasteiger partial charge is 0.258 e. The molecule has 3 rings (SSSR count). The number of carbonyl (C=O) groups excluding carboxylic acids is 1. The molecule has 0 atom stereocenters. The number of ether oxygens (including phenoxy) is 1. The van der Waals surface area contributed by atoms with Crippen LogP contribution in [0.15, 0.2) is 54.6 Å². The van der Waals surface area contributed by atoms with E-state index >= 15 is 0 Å². The van der Waals surface area contributed by atoms with Gasteiger partial charge in [0.05, 0.1) is 7.11 Å². The summed E-state index contributed by atoms with van der Waals surface area (Å²) in [6, 6.07) is 16.2. The second-order valence-corrected chi connectivity index (χ2v) is 5.23. The first-order valence-electron chi connectivity index (χ1n) is 7.89. The van der Waals surface area contributed by atoms with Gasteiger partial charge in [-0.15, -0.1) is 0 Å². The Morgan fingerprint density at radius 3 is 2.19 bits per heavy atom. The third-order valence-corrected chi connectivity index (χ3v) is 3.47. The Morgan fingerprint density at radius 2 is 1.54 bits per heavy atom. The number of methoxy groups -OCH3 is 1. The fraction of sp³-hybridized carbons (Fsp3) is 0.111. The number of para-hydroxylation sites is 1. The molecule has 3 aromatic rings. The van der Waals surface area contributed by atoms with Crippen LogP contribution in [0.1, 0.15) is 10.4 Å². The summed E-state index contributed by atoms with van der Waals surface area (Å²) in [5, 5.41) is 8.60. The summed E-state index contributed by atoms with van der Waals surface area (Å²) in [5.41, 5.74) is 1.29. The molecule has 8 heteroatoms. The Balaban J connectivity index is 1.79. The predicted octanol–water partition coefficient (Wildman–Crippen LogP) is 2.92. The summed E-state index contributed by atoms with van der Waals surface area (Å²) in [4.78, 5) is 25.0. The molecule has 0 saturated carbocycles. The average molecular weight is 350 g/mol. The Labute approximate surface area is 150 Å². The Morgan fingerprint density at radius 1 is 0.885 bits per heavy atom. The molecule has 1 amide bonds. The van der Waals surface area contributed by atoms with E-state index in [-0.39, 0.29) is 11.9 Å². The normalized spacial score (nSPS) is 10.1. The number of anilines is 4. The van der Waals surface area contributed by atoms with E-state index in [4.69, 9.17) is 4.74 Å². The van der Waals surface area contributed by atoms with Crippen molar-refractivity contribution in [1.82, 2.24) is 15.0 Å². The number of benzene rings is 2. The van der Waals surface area contributed by atoms with Crippen molar-refractivity contribution in [2.75, 3.05) is 30.1 Å². The lowest BCUT2D eigenvalue weighted by Gasteiger charge is -2.09. The maximum Gasteiger partial charge on any atom is 0.258 e. The van der Waals surface area contributed by atoms with Crippen LogP contribution in [0.2, 0.25) is 0 Å². The zero-order chi connectivity index (χ0) is 18.4. The molecule has 0 bridgehead atoms. The molecule has 0 aliphatic carbocycles. The van der Waals surface area contributed by atoms with Gasteiger partial charge >= 0.3 is 0 Å². The van der Waals surface area contributed by atoms with Crippen molar-refractivity contribution in [2.24, 2.45) is 0 Å². The average Bonchev–Trinajstić information content (AvgIpc) is 2.68. The van der Waals surface area contributed by atoms with Gasteiger partial charge in [-0.1, -0.05) is 18.2 Å². The van der Waals surface area contributed by atoms with Crippen molar-refractivity contribution in [3.63, 3.8) is 0 Å². The Kier molecular flexibility index (Phi) is 5.23. The largest absolute Gasteiger partial charge is 0.497 e. The fourth-order valence-electron chi connectivity index (χ4n) is 2.17. The lowest BCUT2D eigenvalue weighted by molar-refractivity contribution is 0.102. The van der Waals surface area contributed by atoms with Gasteiger partial charge in [-0.05, 0) is 36.4 Å². The van der Waals surface area contributed by atoms with Crippen LogP contribution in [0, 0.1) is 0 Å². The molecule has 8 nitrogen and oxygen atoms in total. The number of rotatable bonds is 6. The minimum atomic E-state index is -0.327. The second-order valence-electron chi connectivity index (χ2n) is 5.23. The number of hydrogen-bond donors (Lipinski definition) is 3. The molecule has 1 heterocycles. The molecule has 0 aliphatic heterocycles. The van der Waals surface area contributed by atoms with Gasteiger partial charge < -0.3 is 15.4 Å². The van der Waals surface area contributed by atoms with E-state index in [9.17, 15) is 4.79 Å². The van der Waals surface area contributed by atoms with Crippen LogP contribution in [-0.4, -0.2) is 35.0 Å². The van der Waals surface area contributed by atoms with Crippen molar-refractivity contribution >= 4 is 29.4 Å². The first-order chi connectivity index (χ1) is 12.7. The SMILES string of the molecule is CNc1nc(NC(=O)c2ccc(OC)cc2)nc(Nc2ccccc2)n1. The van der Waals surface area contributed by atoms with Crippen LogP contribution in [0.4, 0.5) is 23.5 Å². The van der Waals surface area contributed by atoms with Crippen LogP contribution >= 0.6 is 0 Å². The number of nitrogens with zero attached hydrogens (tertiary/aromatic N) is 3. The third-order valence-electron chi connectivity index (χ3n) is 3.47. The summed E-state index contributed by atoms with van der Waals surface area (Å²) >= 11 is 0. The van der Waals surface area contributed by atoms with Crippen LogP contribution in [0.25, 0.3) is 0 Å². The van der Waals surface area contributed by atoms with Crippen molar-refractivity contribution in [3.05, 3.63) is 60.2 Å². The quantitative estimate of drug-likeness (QED) is 0.628. The molecule has 0 fully saturated rings. The van der Waals surface area contributed by atoms with E-state index < -0.39 is 0 Å². The molecular formula is C18H18N6O2. The van der Waals surface area contributed by atoms with E-state index in [1.807, 2.05) is 30.3 Å². The van der Waals surface area contributed by atoms with Gasteiger partial charge in [-0.3, -0.25) is 10.1 Å². The van der Waals surface area contributed by atoms with Gasteiger partial charge in [-0.2, -0.15) is 15.0 Å². The van der Waals surface area contributed by atoms with Gasteiger partial charge in [0.25, 0.3) is 5.91 Å². The highest BCUT2D eigenvalue weighted by Crippen LogP contribution is 2.16. The van der Waals surface area contributed by atoms with E-state index in [1.54, 1.807) is 38.4 Å². The summed E-state index contributed by atoms with van der Waals surface area (Å²) in [5.74, 6) is 1.15. The van der Waals surface area contributed by atoms with Crippen LogP contribution in [0.5, 0.6) is 5.75 Å². The number of nitrogens with one attached hydrogen (secondary N) is 3. The van der Waals surface area contributed by atoms with Crippen molar-refractivity contribution in [1.29, 1.82) is 0 Å². The number of hydrogen-bond acceptors (Lipinski definition) is 7. The van der Waals surface area contributed by atoms with Gasteiger partial charge in [0, 0.05) is 18.3 Å². The van der Waals surface area contributed by atoms with E-state index in [0.29, 0.717) is 23.2 Å². The first kappa shape index (κ1) is 17.2. The first-order valence-corrected chi connectivity index (χ1v) is 7.89. The summed E-state index contributed by atoms with van der Waals surface area (Å²) < 4.78 is 5.09. The lowest BCUT2D eigenvalue weighted by atomic mass is 10.2. The summed E-state index contributed by atoms with van der Waals surface area (Å²) in [7, 11) is 3.26. The van der Waals surface area contributed by atoms with E-state index in [0.717, 1.165) is 5.69 Å². The maximum absolute atomic E-state index is 12.4. The van der Waals surface area contributed by atoms with Crippen molar-refractivity contribution in [3.8, 4) is 5.75 Å². The predicted molar refractivity (Wildman–Crippen MR) is 100 cm³/mol. The topological polar surface area (TPSA) is 101 Å². The van der Waals surface area contributed by atoms with Gasteiger partial charge in [0.1, 0.15) is 5.75 Å². The number of amides is 1. The molecule has 0 aliphatic rings. The number of aromatic nitrogens is 3. The van der Waals surface area contributed by atoms with Crippen molar-refractivity contribution in [2.45, 2.75) is 0 Å². The van der Waals surface area contributed by atoms with Crippen LogP contribution in [-0.2, 0) is 0 Å². The minimum Gasteiger partial charge on any atom is -0.497 e. The zero-order valence-electron chi connectivity index (χ0n) is 14.4. The van der Waals surface area contributed by atoms with Crippen molar-refractivity contribution < 1.29 is 9.53 Å². The highest BCUT2D eigenvalue weighted by molar-refractivity contribution is 6.03. The Hall–Kier alpha value is -3.68. The van der Waals surface area contributed by atoms with Gasteiger partial charge in [0.2, 0.25) is 17.8 Å². The lowest BCUT2D eigenvalue weighted by Crippen LogP contribution is -2.16. The number of carbonyl (C=O) groups is 1. The molecule has 0 unspecified atom stereocenters. The molecule has 3 N–H and O–H groups in total.